The van der Waals surface area contributed by atoms with Crippen molar-refractivity contribution in [3.8, 4) is 12.3 Å². The number of hydrogen-bond acceptors (Lipinski definition) is 0. The molecule has 0 aliphatic carbocycles. The molecule has 0 aliphatic rings. The summed E-state index contributed by atoms with van der Waals surface area (Å²) in [6.07, 6.45) is 8.66. The number of hydrogen-bond donors (Lipinski definition) is 0. The van der Waals surface area contributed by atoms with Crippen LogP contribution < -0.4 is 0 Å². The highest BCUT2D eigenvalue weighted by Gasteiger charge is 2.46. The lowest BCUT2D eigenvalue weighted by Gasteiger charge is -2.44. The molecule has 0 aliphatic heterocycles. The molecule has 0 radical (unpaired) electrons. The van der Waals surface area contributed by atoms with Crippen molar-refractivity contribution in [1.29, 1.82) is 0 Å². The number of nitrogens with zero attached hydrogens (tertiary/aromatic N) is 1. The van der Waals surface area contributed by atoms with Crippen LogP contribution in [-0.4, -0.2) is 12.5 Å². The van der Waals surface area contributed by atoms with Gasteiger partial charge in [0.1, 0.15) is 0 Å². The highest BCUT2D eigenvalue weighted by Crippen LogP contribution is 2.46. The first-order valence-corrected chi connectivity index (χ1v) is 14.5. The van der Waals surface area contributed by atoms with Crippen LogP contribution in [-0.2, 0) is 0 Å². The Hall–Kier alpha value is -2.47. The van der Waals surface area contributed by atoms with Crippen LogP contribution in [0.15, 0.2) is 66.9 Å². The summed E-state index contributed by atoms with van der Waals surface area (Å²) < 4.78 is 2.66. The molecular weight excluding hydrogens is 438 g/mol. The van der Waals surface area contributed by atoms with Crippen molar-refractivity contribution >= 4 is 41.5 Å². The number of benzene rings is 3. The van der Waals surface area contributed by atoms with Gasteiger partial charge in [0.2, 0.25) is 0 Å². The van der Waals surface area contributed by atoms with Gasteiger partial charge in [0.05, 0.1) is 5.92 Å². The van der Waals surface area contributed by atoms with Crippen LogP contribution in [0.1, 0.15) is 58.6 Å². The average Bonchev–Trinajstić information content (AvgIpc) is 3.12. The van der Waals surface area contributed by atoms with E-state index in [9.17, 15) is 0 Å². The number of halogens is 1. The molecule has 33 heavy (non-hydrogen) atoms. The predicted octanol–water partition coefficient (Wildman–Crippen LogP) is 9.24. The Labute approximate surface area is 204 Å². The number of fused-ring (bicyclic) bond motifs is 2. The maximum absolute atomic E-state index is 6.54. The topological polar surface area (TPSA) is 4.93 Å². The van der Waals surface area contributed by atoms with Crippen molar-refractivity contribution in [3.63, 3.8) is 0 Å². The van der Waals surface area contributed by atoms with Gasteiger partial charge in [-0.3, -0.25) is 0 Å². The summed E-state index contributed by atoms with van der Waals surface area (Å²) in [7, 11) is -1.97. The fourth-order valence-electron chi connectivity index (χ4n) is 6.46. The van der Waals surface area contributed by atoms with Crippen LogP contribution in [0.25, 0.3) is 21.7 Å². The second-order valence-electron chi connectivity index (χ2n) is 10.1. The van der Waals surface area contributed by atoms with Gasteiger partial charge < -0.3 is 4.23 Å². The van der Waals surface area contributed by atoms with Crippen LogP contribution in [0.5, 0.6) is 0 Å². The summed E-state index contributed by atoms with van der Waals surface area (Å²) in [5.41, 5.74) is 5.37. The third-order valence-electron chi connectivity index (χ3n) is 7.60. The smallest absolute Gasteiger partial charge is 0.169 e. The molecule has 4 aromatic rings. The molecule has 0 bridgehead atoms. The molecule has 0 spiro atoms. The molecule has 170 valence electrons. The van der Waals surface area contributed by atoms with Crippen molar-refractivity contribution in [2.45, 2.75) is 64.1 Å². The monoisotopic (exact) mass is 471 g/mol. The fourth-order valence-corrected chi connectivity index (χ4v) is 13.3. The van der Waals surface area contributed by atoms with Gasteiger partial charge >= 0.3 is 0 Å². The summed E-state index contributed by atoms with van der Waals surface area (Å²) in [6.45, 7) is 14.4. The number of rotatable bonds is 6. The first-order chi connectivity index (χ1) is 15.7. The van der Waals surface area contributed by atoms with Crippen LogP contribution in [0.3, 0.4) is 0 Å². The molecule has 0 saturated carbocycles. The molecule has 1 atom stereocenters. The van der Waals surface area contributed by atoms with E-state index in [2.05, 4.69) is 112 Å². The number of terminal acetylenes is 1. The summed E-state index contributed by atoms with van der Waals surface area (Å²) in [6, 6.07) is 21.3. The van der Waals surface area contributed by atoms with Gasteiger partial charge in [-0.15, -0.1) is 6.42 Å². The summed E-state index contributed by atoms with van der Waals surface area (Å²) in [4.78, 5) is 0. The van der Waals surface area contributed by atoms with Gasteiger partial charge in [-0.05, 0) is 56.7 Å². The van der Waals surface area contributed by atoms with E-state index in [0.29, 0.717) is 16.6 Å². The lowest BCUT2D eigenvalue weighted by Crippen LogP contribution is -2.51. The second kappa shape index (κ2) is 9.05. The van der Waals surface area contributed by atoms with Crippen molar-refractivity contribution in [2.24, 2.45) is 0 Å². The molecule has 4 rings (SSSR count). The maximum atomic E-state index is 6.54. The zero-order valence-corrected chi connectivity index (χ0v) is 22.3. The van der Waals surface area contributed by atoms with E-state index < -0.39 is 8.24 Å². The minimum absolute atomic E-state index is 0.142. The molecule has 1 nitrogen and oxygen atoms in total. The lowest BCUT2D eigenvalue weighted by atomic mass is 9.88. The molecule has 0 unspecified atom stereocenters. The summed E-state index contributed by atoms with van der Waals surface area (Å²) in [5, 5.41) is 4.36. The Balaban J connectivity index is 2.07. The van der Waals surface area contributed by atoms with Crippen LogP contribution in [0, 0.1) is 12.3 Å². The highest BCUT2D eigenvalue weighted by molar-refractivity contribution is 6.82. The first-order valence-electron chi connectivity index (χ1n) is 12.0. The molecule has 0 amide bonds. The van der Waals surface area contributed by atoms with Crippen molar-refractivity contribution in [2.75, 3.05) is 0 Å². The standard InChI is InChI=1S/C30H34ClNSi/c1-8-25(27-15-11-13-23-12-9-10-14-26(23)27)29-19-32(30-17-16-24(31)18-28(29)30)33(20(2)3,21(4)5)22(6)7/h1,9-22,25H,2-7H3/t25-/m0/s1. The maximum Gasteiger partial charge on any atom is 0.169 e. The van der Waals surface area contributed by atoms with Crippen LogP contribution >= 0.6 is 11.6 Å². The Morgan fingerprint density at radius 1 is 0.788 bits per heavy atom. The molecule has 1 aromatic heterocycles. The van der Waals surface area contributed by atoms with E-state index in [1.807, 2.05) is 6.07 Å². The Kier molecular flexibility index (Phi) is 6.49. The third kappa shape index (κ3) is 3.72. The Bertz CT molecular complexity index is 1310. The Morgan fingerprint density at radius 2 is 1.42 bits per heavy atom. The predicted molar refractivity (Wildman–Crippen MR) is 148 cm³/mol. The molecule has 3 aromatic carbocycles. The van der Waals surface area contributed by atoms with Gasteiger partial charge in [0, 0.05) is 22.1 Å². The van der Waals surface area contributed by atoms with Crippen molar-refractivity contribution in [3.05, 3.63) is 83.0 Å². The van der Waals surface area contributed by atoms with E-state index in [1.54, 1.807) is 0 Å². The van der Waals surface area contributed by atoms with Gasteiger partial charge in [-0.1, -0.05) is 102 Å². The van der Waals surface area contributed by atoms with Gasteiger partial charge in [-0.25, -0.2) is 0 Å². The molecule has 1 heterocycles. The zero-order chi connectivity index (χ0) is 23.9. The van der Waals surface area contributed by atoms with E-state index in [-0.39, 0.29) is 5.92 Å². The SMILES string of the molecule is C#C[C@@H](c1cccc2ccccc12)c1cn([Si](C(C)C)(C(C)C)C(C)C)c2ccc(Cl)cc12. The largest absolute Gasteiger partial charge is 0.373 e. The van der Waals surface area contributed by atoms with Gasteiger partial charge in [0.25, 0.3) is 0 Å². The molecule has 0 saturated heterocycles. The Morgan fingerprint density at radius 3 is 2.06 bits per heavy atom. The fraction of sp³-hybridized carbons (Fsp3) is 0.333. The van der Waals surface area contributed by atoms with Crippen LogP contribution in [0.2, 0.25) is 21.6 Å². The average molecular weight is 472 g/mol. The third-order valence-corrected chi connectivity index (χ3v) is 14.6. The molecule has 0 fully saturated rings. The van der Waals surface area contributed by atoms with E-state index in [4.69, 9.17) is 18.0 Å². The van der Waals surface area contributed by atoms with E-state index in [1.165, 1.54) is 32.8 Å². The summed E-state index contributed by atoms with van der Waals surface area (Å²) in [5.74, 6) is 3.01. The second-order valence-corrected chi connectivity index (χ2v) is 16.3. The van der Waals surface area contributed by atoms with Crippen molar-refractivity contribution < 1.29 is 0 Å². The molecule has 0 N–H and O–H groups in total. The highest BCUT2D eigenvalue weighted by atomic mass is 35.5. The zero-order valence-electron chi connectivity index (χ0n) is 20.6. The van der Waals surface area contributed by atoms with Gasteiger partial charge in [-0.2, -0.15) is 0 Å². The molecule has 3 heteroatoms. The normalized spacial score (nSPS) is 13.4. The minimum atomic E-state index is -1.97. The van der Waals surface area contributed by atoms with E-state index >= 15 is 0 Å². The van der Waals surface area contributed by atoms with Crippen LogP contribution in [0.4, 0.5) is 0 Å². The molecular formula is C30H34ClNSi. The quantitative estimate of drug-likeness (QED) is 0.195. The minimum Gasteiger partial charge on any atom is -0.373 e. The first kappa shape index (κ1) is 23.7. The van der Waals surface area contributed by atoms with Gasteiger partial charge in [0.15, 0.2) is 8.24 Å². The summed E-state index contributed by atoms with van der Waals surface area (Å²) >= 11 is 6.54. The van der Waals surface area contributed by atoms with E-state index in [0.717, 1.165) is 5.02 Å². The lowest BCUT2D eigenvalue weighted by molar-refractivity contribution is 0.771. The van der Waals surface area contributed by atoms with Crippen molar-refractivity contribution in [1.82, 2.24) is 4.23 Å². The number of aromatic nitrogens is 1.